The highest BCUT2D eigenvalue weighted by molar-refractivity contribution is 6.43. The molecule has 0 aliphatic heterocycles. The van der Waals surface area contributed by atoms with Gasteiger partial charge in [-0.25, -0.2) is 9.82 Å². The molecular formula is C17H11Cl2FN4O. The van der Waals surface area contributed by atoms with Crippen LogP contribution >= 0.6 is 23.2 Å². The number of carbonyl (C=O) groups is 1. The van der Waals surface area contributed by atoms with Crippen LogP contribution in [0.15, 0.2) is 53.6 Å². The summed E-state index contributed by atoms with van der Waals surface area (Å²) in [5.41, 5.74) is 4.36. The number of halogens is 3. The lowest BCUT2D eigenvalue weighted by atomic mass is 10.1. The van der Waals surface area contributed by atoms with Gasteiger partial charge >= 0.3 is 0 Å². The summed E-state index contributed by atoms with van der Waals surface area (Å²) in [7, 11) is 0. The van der Waals surface area contributed by atoms with Crippen LogP contribution < -0.4 is 5.43 Å². The van der Waals surface area contributed by atoms with Crippen molar-refractivity contribution in [2.45, 2.75) is 0 Å². The molecule has 0 radical (unpaired) electrons. The van der Waals surface area contributed by atoms with E-state index in [2.05, 4.69) is 20.7 Å². The predicted octanol–water partition coefficient (Wildman–Crippen LogP) is 4.29. The number of hydrazone groups is 1. The third kappa shape index (κ3) is 4.04. The summed E-state index contributed by atoms with van der Waals surface area (Å²) < 4.78 is 12.9. The van der Waals surface area contributed by atoms with Gasteiger partial charge in [-0.1, -0.05) is 35.3 Å². The molecule has 1 aromatic heterocycles. The fourth-order valence-corrected chi connectivity index (χ4v) is 2.40. The van der Waals surface area contributed by atoms with Gasteiger partial charge in [-0.3, -0.25) is 9.89 Å². The van der Waals surface area contributed by atoms with E-state index in [9.17, 15) is 9.18 Å². The van der Waals surface area contributed by atoms with E-state index < -0.39 is 5.91 Å². The van der Waals surface area contributed by atoms with Crippen molar-refractivity contribution >= 4 is 35.3 Å². The maximum atomic E-state index is 12.9. The Bertz CT molecular complexity index is 938. The number of hydrogen-bond acceptors (Lipinski definition) is 3. The van der Waals surface area contributed by atoms with Gasteiger partial charge in [0.25, 0.3) is 5.91 Å². The Morgan fingerprint density at radius 2 is 1.96 bits per heavy atom. The van der Waals surface area contributed by atoms with E-state index >= 15 is 0 Å². The monoisotopic (exact) mass is 376 g/mol. The summed E-state index contributed by atoms with van der Waals surface area (Å²) in [5.74, 6) is -0.818. The molecule has 0 bridgehead atoms. The number of benzene rings is 2. The smallest absolute Gasteiger partial charge is 0.272 e. The average Bonchev–Trinajstić information content (AvgIpc) is 3.09. The first-order valence-electron chi connectivity index (χ1n) is 7.13. The standard InChI is InChI=1S/C17H11Cl2FN4O/c18-13-3-1-2-11(16(13)19)9-21-24-17(25)15-8-14(22-23-15)10-4-6-12(20)7-5-10/h1-9H,(H,22,23)(H,24,25). The molecule has 1 amide bonds. The van der Waals surface area contributed by atoms with Crippen LogP contribution in [0.1, 0.15) is 16.1 Å². The molecule has 25 heavy (non-hydrogen) atoms. The highest BCUT2D eigenvalue weighted by Crippen LogP contribution is 2.24. The van der Waals surface area contributed by atoms with Gasteiger partial charge in [0, 0.05) is 11.1 Å². The molecule has 1 heterocycles. The fraction of sp³-hybridized carbons (Fsp3) is 0. The summed E-state index contributed by atoms with van der Waals surface area (Å²) >= 11 is 11.9. The molecule has 0 atom stereocenters. The van der Waals surface area contributed by atoms with E-state index in [-0.39, 0.29) is 11.5 Å². The van der Waals surface area contributed by atoms with E-state index in [0.717, 1.165) is 0 Å². The van der Waals surface area contributed by atoms with Gasteiger partial charge in [0.15, 0.2) is 0 Å². The molecule has 5 nitrogen and oxygen atoms in total. The number of aromatic amines is 1. The van der Waals surface area contributed by atoms with Crippen molar-refractivity contribution in [1.82, 2.24) is 15.6 Å². The molecule has 8 heteroatoms. The summed E-state index contributed by atoms with van der Waals surface area (Å²) in [5, 5.41) is 11.2. The van der Waals surface area contributed by atoms with Crippen molar-refractivity contribution < 1.29 is 9.18 Å². The van der Waals surface area contributed by atoms with Crippen molar-refractivity contribution in [2.75, 3.05) is 0 Å². The van der Waals surface area contributed by atoms with Gasteiger partial charge in [-0.2, -0.15) is 10.2 Å². The molecule has 0 aliphatic carbocycles. The Morgan fingerprint density at radius 1 is 1.20 bits per heavy atom. The molecule has 3 aromatic rings. The minimum absolute atomic E-state index is 0.216. The Balaban J connectivity index is 1.69. The summed E-state index contributed by atoms with van der Waals surface area (Å²) in [6.45, 7) is 0. The quantitative estimate of drug-likeness (QED) is 0.526. The van der Waals surface area contributed by atoms with Gasteiger partial charge in [0.1, 0.15) is 11.5 Å². The normalized spacial score (nSPS) is 11.0. The SMILES string of the molecule is O=C(NN=Cc1cccc(Cl)c1Cl)c1cc(-c2ccc(F)cc2)n[nH]1. The summed E-state index contributed by atoms with van der Waals surface area (Å²) in [4.78, 5) is 12.1. The first-order chi connectivity index (χ1) is 12.0. The molecule has 0 aliphatic rings. The van der Waals surface area contributed by atoms with Crippen LogP contribution in [-0.4, -0.2) is 22.3 Å². The number of nitrogens with zero attached hydrogens (tertiary/aromatic N) is 2. The third-order valence-corrected chi connectivity index (χ3v) is 4.15. The number of hydrogen-bond donors (Lipinski definition) is 2. The molecule has 0 spiro atoms. The number of rotatable bonds is 4. The molecule has 126 valence electrons. The second-order valence-corrected chi connectivity index (χ2v) is 5.80. The lowest BCUT2D eigenvalue weighted by Gasteiger charge is -2.00. The lowest BCUT2D eigenvalue weighted by Crippen LogP contribution is -2.18. The molecule has 0 fully saturated rings. The first-order valence-corrected chi connectivity index (χ1v) is 7.89. The molecule has 0 saturated heterocycles. The molecule has 0 unspecified atom stereocenters. The zero-order valence-electron chi connectivity index (χ0n) is 12.6. The van der Waals surface area contributed by atoms with Crippen LogP contribution in [-0.2, 0) is 0 Å². The first kappa shape index (κ1) is 17.1. The van der Waals surface area contributed by atoms with Gasteiger partial charge in [0.05, 0.1) is 22.0 Å². The minimum atomic E-state index is -0.477. The van der Waals surface area contributed by atoms with Crippen molar-refractivity contribution in [3.8, 4) is 11.3 Å². The number of aromatic nitrogens is 2. The van der Waals surface area contributed by atoms with E-state index in [0.29, 0.717) is 26.9 Å². The van der Waals surface area contributed by atoms with Crippen LogP contribution in [0.2, 0.25) is 10.0 Å². The Kier molecular flexibility index (Phi) is 5.11. The zero-order chi connectivity index (χ0) is 17.8. The summed E-state index contributed by atoms with van der Waals surface area (Å²) in [6.07, 6.45) is 1.39. The van der Waals surface area contributed by atoms with E-state index in [1.807, 2.05) is 0 Å². The molecule has 3 rings (SSSR count). The zero-order valence-corrected chi connectivity index (χ0v) is 14.1. The maximum absolute atomic E-state index is 12.9. The van der Waals surface area contributed by atoms with Crippen molar-refractivity contribution in [3.05, 3.63) is 75.7 Å². The molecule has 2 aromatic carbocycles. The van der Waals surface area contributed by atoms with Gasteiger partial charge in [-0.05, 0) is 36.4 Å². The van der Waals surface area contributed by atoms with Crippen LogP contribution in [0.4, 0.5) is 4.39 Å². The maximum Gasteiger partial charge on any atom is 0.289 e. The third-order valence-electron chi connectivity index (χ3n) is 3.31. The Labute approximate surface area is 152 Å². The Hall–Kier alpha value is -2.70. The number of H-pyrrole nitrogens is 1. The molecular weight excluding hydrogens is 366 g/mol. The second kappa shape index (κ2) is 7.46. The summed E-state index contributed by atoms with van der Waals surface area (Å²) in [6, 6.07) is 12.4. The largest absolute Gasteiger partial charge is 0.289 e. The van der Waals surface area contributed by atoms with Crippen molar-refractivity contribution in [2.24, 2.45) is 5.10 Å². The van der Waals surface area contributed by atoms with Gasteiger partial charge < -0.3 is 0 Å². The topological polar surface area (TPSA) is 70.1 Å². The van der Waals surface area contributed by atoms with E-state index in [1.165, 1.54) is 18.3 Å². The van der Waals surface area contributed by atoms with E-state index in [1.54, 1.807) is 36.4 Å². The molecule has 2 N–H and O–H groups in total. The predicted molar refractivity (Wildman–Crippen MR) is 95.5 cm³/mol. The fourth-order valence-electron chi connectivity index (χ4n) is 2.05. The number of nitrogens with one attached hydrogen (secondary N) is 2. The van der Waals surface area contributed by atoms with Crippen molar-refractivity contribution in [1.29, 1.82) is 0 Å². The van der Waals surface area contributed by atoms with Crippen LogP contribution in [0.3, 0.4) is 0 Å². The van der Waals surface area contributed by atoms with Gasteiger partial charge in [-0.15, -0.1) is 0 Å². The van der Waals surface area contributed by atoms with Crippen LogP contribution in [0, 0.1) is 5.82 Å². The van der Waals surface area contributed by atoms with E-state index in [4.69, 9.17) is 23.2 Å². The van der Waals surface area contributed by atoms with Crippen molar-refractivity contribution in [3.63, 3.8) is 0 Å². The van der Waals surface area contributed by atoms with Gasteiger partial charge in [0.2, 0.25) is 0 Å². The Morgan fingerprint density at radius 3 is 2.72 bits per heavy atom. The highest BCUT2D eigenvalue weighted by Gasteiger charge is 2.10. The minimum Gasteiger partial charge on any atom is -0.272 e. The van der Waals surface area contributed by atoms with Crippen LogP contribution in [0.25, 0.3) is 11.3 Å². The molecule has 0 saturated carbocycles. The lowest BCUT2D eigenvalue weighted by molar-refractivity contribution is 0.0950. The van der Waals surface area contributed by atoms with Crippen LogP contribution in [0.5, 0.6) is 0 Å². The number of carbonyl (C=O) groups excluding carboxylic acids is 1. The second-order valence-electron chi connectivity index (χ2n) is 5.02. The number of amides is 1. The highest BCUT2D eigenvalue weighted by atomic mass is 35.5. The average molecular weight is 377 g/mol.